The SMILES string of the molecule is BrCCCCCCOCC1COCCOCCOCCOCCOCCO1. The normalized spacial score (nSPS) is 22.8. The van der Waals surface area contributed by atoms with Crippen LogP contribution in [0.1, 0.15) is 25.7 Å². The summed E-state index contributed by atoms with van der Waals surface area (Å²) in [4.78, 5) is 0. The highest BCUT2D eigenvalue weighted by Gasteiger charge is 2.10. The van der Waals surface area contributed by atoms with Crippen molar-refractivity contribution in [3.63, 3.8) is 0 Å². The molecule has 1 aliphatic rings. The average molecular weight is 457 g/mol. The molecule has 1 fully saturated rings. The van der Waals surface area contributed by atoms with Gasteiger partial charge in [-0.2, -0.15) is 0 Å². The lowest BCUT2D eigenvalue weighted by molar-refractivity contribution is -0.0846. The summed E-state index contributed by atoms with van der Waals surface area (Å²) in [6.07, 6.45) is 4.65. The summed E-state index contributed by atoms with van der Waals surface area (Å²) in [6.45, 7) is 7.30. The molecule has 0 bridgehead atoms. The molecule has 1 atom stereocenters. The third-order valence-electron chi connectivity index (χ3n) is 3.85. The van der Waals surface area contributed by atoms with E-state index in [9.17, 15) is 0 Å². The summed E-state index contributed by atoms with van der Waals surface area (Å²) in [5.74, 6) is 0. The van der Waals surface area contributed by atoms with E-state index in [0.29, 0.717) is 79.3 Å². The molecule has 27 heavy (non-hydrogen) atoms. The fourth-order valence-corrected chi connectivity index (χ4v) is 2.78. The summed E-state index contributed by atoms with van der Waals surface area (Å²) in [5.41, 5.74) is 0. The van der Waals surface area contributed by atoms with Crippen LogP contribution in [0.3, 0.4) is 0 Å². The van der Waals surface area contributed by atoms with Crippen LogP contribution >= 0.6 is 15.9 Å². The minimum Gasteiger partial charge on any atom is -0.379 e. The maximum atomic E-state index is 5.85. The molecule has 0 saturated carbocycles. The van der Waals surface area contributed by atoms with Gasteiger partial charge in [0.25, 0.3) is 0 Å². The molecule has 1 rings (SSSR count). The van der Waals surface area contributed by atoms with E-state index < -0.39 is 0 Å². The molecule has 0 spiro atoms. The van der Waals surface area contributed by atoms with Crippen molar-refractivity contribution in [1.29, 1.82) is 0 Å². The molecule has 1 unspecified atom stereocenters. The fourth-order valence-electron chi connectivity index (χ4n) is 2.38. The highest BCUT2D eigenvalue weighted by molar-refractivity contribution is 9.09. The predicted molar refractivity (Wildman–Crippen MR) is 107 cm³/mol. The van der Waals surface area contributed by atoms with E-state index in [4.69, 9.17) is 33.2 Å². The van der Waals surface area contributed by atoms with Gasteiger partial charge in [0.05, 0.1) is 79.3 Å². The van der Waals surface area contributed by atoms with Crippen LogP contribution in [0.5, 0.6) is 0 Å². The van der Waals surface area contributed by atoms with E-state index in [0.717, 1.165) is 18.4 Å². The Morgan fingerprint density at radius 2 is 1.15 bits per heavy atom. The van der Waals surface area contributed by atoms with Gasteiger partial charge in [-0.05, 0) is 12.8 Å². The van der Waals surface area contributed by atoms with E-state index in [1.165, 1.54) is 19.3 Å². The van der Waals surface area contributed by atoms with E-state index in [1.807, 2.05) is 0 Å². The van der Waals surface area contributed by atoms with Crippen LogP contribution < -0.4 is 0 Å². The molecule has 0 N–H and O–H groups in total. The van der Waals surface area contributed by atoms with Gasteiger partial charge in [0.15, 0.2) is 0 Å². The largest absolute Gasteiger partial charge is 0.379 e. The molecule has 1 aliphatic heterocycles. The molecule has 8 heteroatoms. The van der Waals surface area contributed by atoms with Crippen LogP contribution in [-0.2, 0) is 33.2 Å². The molecule has 0 aromatic carbocycles. The van der Waals surface area contributed by atoms with Gasteiger partial charge in [-0.15, -0.1) is 0 Å². The van der Waals surface area contributed by atoms with Crippen molar-refractivity contribution in [3.8, 4) is 0 Å². The number of alkyl halides is 1. The van der Waals surface area contributed by atoms with Gasteiger partial charge in [0.2, 0.25) is 0 Å². The highest BCUT2D eigenvalue weighted by atomic mass is 79.9. The molecule has 0 aromatic rings. The number of ether oxygens (including phenoxy) is 7. The van der Waals surface area contributed by atoms with E-state index >= 15 is 0 Å². The molecule has 0 amide bonds. The minimum absolute atomic E-state index is 0.0883. The Labute approximate surface area is 172 Å². The zero-order valence-electron chi connectivity index (χ0n) is 16.5. The summed E-state index contributed by atoms with van der Waals surface area (Å²) in [5, 5.41) is 1.08. The van der Waals surface area contributed by atoms with Crippen LogP contribution in [-0.4, -0.2) is 97.3 Å². The van der Waals surface area contributed by atoms with Crippen LogP contribution in [0.4, 0.5) is 0 Å². The Morgan fingerprint density at radius 3 is 1.74 bits per heavy atom. The van der Waals surface area contributed by atoms with Crippen molar-refractivity contribution >= 4 is 15.9 Å². The third kappa shape index (κ3) is 18.0. The van der Waals surface area contributed by atoms with E-state index in [2.05, 4.69) is 15.9 Å². The molecule has 0 aromatic heterocycles. The molecular formula is C19H37BrO7. The van der Waals surface area contributed by atoms with Gasteiger partial charge in [0.1, 0.15) is 6.10 Å². The van der Waals surface area contributed by atoms with Crippen molar-refractivity contribution in [2.45, 2.75) is 31.8 Å². The topological polar surface area (TPSA) is 64.6 Å². The Balaban J connectivity index is 2.17. The van der Waals surface area contributed by atoms with Crippen LogP contribution in [0, 0.1) is 0 Å². The van der Waals surface area contributed by atoms with Gasteiger partial charge in [-0.1, -0.05) is 28.8 Å². The van der Waals surface area contributed by atoms with Crippen LogP contribution in [0.25, 0.3) is 0 Å². The Kier molecular flexibility index (Phi) is 19.6. The number of halogens is 1. The average Bonchev–Trinajstić information content (AvgIpc) is 2.68. The fraction of sp³-hybridized carbons (Fsp3) is 1.00. The summed E-state index contributed by atoms with van der Waals surface area (Å²) < 4.78 is 39.1. The van der Waals surface area contributed by atoms with Crippen LogP contribution in [0.2, 0.25) is 0 Å². The summed E-state index contributed by atoms with van der Waals surface area (Å²) >= 11 is 3.45. The monoisotopic (exact) mass is 456 g/mol. The second kappa shape index (κ2) is 20.9. The van der Waals surface area contributed by atoms with Crippen molar-refractivity contribution in [2.24, 2.45) is 0 Å². The molecule has 0 aliphatic carbocycles. The second-order valence-electron chi connectivity index (χ2n) is 6.20. The molecule has 7 nitrogen and oxygen atoms in total. The van der Waals surface area contributed by atoms with E-state index in [1.54, 1.807) is 0 Å². The van der Waals surface area contributed by atoms with Crippen molar-refractivity contribution in [3.05, 3.63) is 0 Å². The third-order valence-corrected chi connectivity index (χ3v) is 4.41. The lowest BCUT2D eigenvalue weighted by Crippen LogP contribution is -2.28. The van der Waals surface area contributed by atoms with Crippen molar-refractivity contribution in [1.82, 2.24) is 0 Å². The standard InChI is InChI=1S/C19H37BrO7/c20-5-3-1-2-4-6-25-17-19-18-26-14-13-23-10-9-21-7-8-22-11-12-24-15-16-27-19/h19H,1-18H2. The smallest absolute Gasteiger partial charge is 0.104 e. The van der Waals surface area contributed by atoms with Gasteiger partial charge < -0.3 is 33.2 Å². The maximum absolute atomic E-state index is 5.85. The van der Waals surface area contributed by atoms with Crippen LogP contribution in [0.15, 0.2) is 0 Å². The Hall–Kier alpha value is 0.200. The van der Waals surface area contributed by atoms with Gasteiger partial charge in [-0.25, -0.2) is 0 Å². The maximum Gasteiger partial charge on any atom is 0.104 e. The van der Waals surface area contributed by atoms with Gasteiger partial charge in [-0.3, -0.25) is 0 Å². The highest BCUT2D eigenvalue weighted by Crippen LogP contribution is 2.03. The lowest BCUT2D eigenvalue weighted by Gasteiger charge is -2.19. The zero-order valence-corrected chi connectivity index (χ0v) is 18.1. The van der Waals surface area contributed by atoms with Crippen molar-refractivity contribution in [2.75, 3.05) is 91.2 Å². The molecule has 162 valence electrons. The first kappa shape index (κ1) is 25.2. The zero-order chi connectivity index (χ0) is 19.3. The summed E-state index contributed by atoms with van der Waals surface area (Å²) in [6, 6.07) is 0. The van der Waals surface area contributed by atoms with Crippen molar-refractivity contribution < 1.29 is 33.2 Å². The number of rotatable bonds is 8. The minimum atomic E-state index is -0.0883. The first-order valence-electron chi connectivity index (χ1n) is 10.1. The first-order valence-corrected chi connectivity index (χ1v) is 11.2. The summed E-state index contributed by atoms with van der Waals surface area (Å²) in [7, 11) is 0. The molecule has 1 heterocycles. The van der Waals surface area contributed by atoms with Gasteiger partial charge in [0, 0.05) is 11.9 Å². The predicted octanol–water partition coefficient (Wildman–Crippen LogP) is 2.44. The number of hydrogen-bond acceptors (Lipinski definition) is 7. The molecule has 1 saturated heterocycles. The molecular weight excluding hydrogens is 420 g/mol. The first-order chi connectivity index (χ1) is 13.4. The number of hydrogen-bond donors (Lipinski definition) is 0. The lowest BCUT2D eigenvalue weighted by atomic mass is 10.2. The van der Waals surface area contributed by atoms with E-state index in [-0.39, 0.29) is 6.10 Å². The molecule has 0 radical (unpaired) electrons. The van der Waals surface area contributed by atoms with Gasteiger partial charge >= 0.3 is 0 Å². The Morgan fingerprint density at radius 1 is 0.630 bits per heavy atom. The Bertz CT molecular complexity index is 276. The number of unbranched alkanes of at least 4 members (excludes halogenated alkanes) is 3. The second-order valence-corrected chi connectivity index (χ2v) is 6.99. The quantitative estimate of drug-likeness (QED) is 0.410.